The minimum Gasteiger partial charge on any atom is -0.454 e. The fourth-order valence-electron chi connectivity index (χ4n) is 2.80. The molecule has 0 atom stereocenters. The highest BCUT2D eigenvalue weighted by Gasteiger charge is 2.33. The lowest BCUT2D eigenvalue weighted by Gasteiger charge is -2.15. The van der Waals surface area contributed by atoms with Crippen LogP contribution in [-0.4, -0.2) is 16.8 Å². The third-order valence-electron chi connectivity index (χ3n) is 3.98. The number of aromatic nitrogens is 2. The largest absolute Gasteiger partial charge is 0.454 e. The van der Waals surface area contributed by atoms with E-state index in [-0.39, 0.29) is 18.3 Å². The first-order valence-corrected chi connectivity index (χ1v) is 8.34. The highest BCUT2D eigenvalue weighted by molar-refractivity contribution is 5.67. The molecule has 4 rings (SSSR count). The highest BCUT2D eigenvalue weighted by Crippen LogP contribution is 2.37. The van der Waals surface area contributed by atoms with Crippen molar-refractivity contribution in [1.82, 2.24) is 9.97 Å². The van der Waals surface area contributed by atoms with E-state index in [1.54, 1.807) is 25.1 Å². The summed E-state index contributed by atoms with van der Waals surface area (Å²) in [6.45, 7) is 1.82. The van der Waals surface area contributed by atoms with Crippen molar-refractivity contribution in [3.8, 4) is 11.5 Å². The molecule has 0 amide bonds. The molecule has 0 bridgehead atoms. The van der Waals surface area contributed by atoms with Crippen molar-refractivity contribution in [3.05, 3.63) is 59.9 Å². The van der Waals surface area contributed by atoms with Crippen molar-refractivity contribution in [2.45, 2.75) is 13.1 Å². The van der Waals surface area contributed by atoms with Gasteiger partial charge in [-0.2, -0.15) is 13.2 Å². The van der Waals surface area contributed by atoms with Crippen molar-refractivity contribution < 1.29 is 22.6 Å². The molecule has 0 spiro atoms. The van der Waals surface area contributed by atoms with Gasteiger partial charge in [0.1, 0.15) is 17.5 Å². The van der Waals surface area contributed by atoms with Crippen LogP contribution in [0, 0.1) is 6.92 Å². The maximum Gasteiger partial charge on any atom is 0.418 e. The number of hydrogen-bond acceptors (Lipinski definition) is 6. The van der Waals surface area contributed by atoms with Crippen LogP contribution in [0.4, 0.5) is 36.2 Å². The van der Waals surface area contributed by atoms with E-state index in [0.717, 1.165) is 6.07 Å². The van der Waals surface area contributed by atoms with Crippen molar-refractivity contribution >= 4 is 23.0 Å². The summed E-state index contributed by atoms with van der Waals surface area (Å²) in [5.74, 6) is 2.33. The Kier molecular flexibility index (Phi) is 4.42. The van der Waals surface area contributed by atoms with Crippen LogP contribution in [0.3, 0.4) is 0 Å². The van der Waals surface area contributed by atoms with Gasteiger partial charge in [-0.15, -0.1) is 0 Å². The summed E-state index contributed by atoms with van der Waals surface area (Å²) in [6, 6.07) is 12.1. The monoisotopic (exact) mass is 388 g/mol. The van der Waals surface area contributed by atoms with Crippen molar-refractivity contribution in [1.29, 1.82) is 0 Å². The molecule has 0 unspecified atom stereocenters. The van der Waals surface area contributed by atoms with Gasteiger partial charge in [0.15, 0.2) is 11.5 Å². The maximum atomic E-state index is 13.2. The van der Waals surface area contributed by atoms with Gasteiger partial charge in [-0.1, -0.05) is 12.1 Å². The number of nitrogens with zero attached hydrogens (tertiary/aromatic N) is 2. The number of para-hydroxylation sites is 1. The Balaban J connectivity index is 1.60. The quantitative estimate of drug-likeness (QED) is 0.654. The van der Waals surface area contributed by atoms with E-state index >= 15 is 0 Å². The molecule has 0 saturated heterocycles. The van der Waals surface area contributed by atoms with E-state index in [4.69, 9.17) is 9.47 Å². The number of anilines is 4. The van der Waals surface area contributed by atoms with Gasteiger partial charge < -0.3 is 20.1 Å². The Morgan fingerprint density at radius 3 is 2.39 bits per heavy atom. The molecule has 0 saturated carbocycles. The minimum absolute atomic E-state index is 0.0814. The molecule has 0 aliphatic carbocycles. The number of ether oxygens (including phenoxy) is 2. The first-order chi connectivity index (χ1) is 13.4. The number of aryl methyl sites for hydroxylation is 1. The molecule has 3 aromatic rings. The molecule has 144 valence electrons. The van der Waals surface area contributed by atoms with Crippen LogP contribution < -0.4 is 20.1 Å². The van der Waals surface area contributed by atoms with Crippen molar-refractivity contribution in [3.63, 3.8) is 0 Å². The lowest BCUT2D eigenvalue weighted by atomic mass is 10.1. The molecule has 1 aliphatic rings. The lowest BCUT2D eigenvalue weighted by molar-refractivity contribution is -0.136. The fraction of sp³-hybridized carbons (Fsp3) is 0.158. The molecule has 2 N–H and O–H groups in total. The highest BCUT2D eigenvalue weighted by atomic mass is 19.4. The number of halogens is 3. The molecule has 2 aromatic carbocycles. The number of hydrogen-bond donors (Lipinski definition) is 2. The summed E-state index contributed by atoms with van der Waals surface area (Å²) in [4.78, 5) is 8.46. The number of benzene rings is 2. The van der Waals surface area contributed by atoms with Crippen LogP contribution in [0.2, 0.25) is 0 Å². The van der Waals surface area contributed by atoms with Crippen molar-refractivity contribution in [2.75, 3.05) is 17.4 Å². The van der Waals surface area contributed by atoms with Gasteiger partial charge in [-0.3, -0.25) is 0 Å². The van der Waals surface area contributed by atoms with E-state index in [0.29, 0.717) is 28.8 Å². The van der Waals surface area contributed by atoms with Crippen LogP contribution >= 0.6 is 0 Å². The average molecular weight is 388 g/mol. The van der Waals surface area contributed by atoms with Gasteiger partial charge in [-0.05, 0) is 31.2 Å². The van der Waals surface area contributed by atoms with Crippen LogP contribution in [0.25, 0.3) is 0 Å². The molecular formula is C19H15F3N4O2. The summed E-state index contributed by atoms with van der Waals surface area (Å²) in [5, 5.41) is 5.83. The summed E-state index contributed by atoms with van der Waals surface area (Å²) in [6.07, 6.45) is -4.47. The Bertz CT molecular complexity index is 1020. The Labute approximate surface area is 158 Å². The van der Waals surface area contributed by atoms with Crippen LogP contribution in [0.1, 0.15) is 11.4 Å². The third kappa shape index (κ3) is 3.78. The summed E-state index contributed by atoms with van der Waals surface area (Å²) >= 11 is 0. The van der Waals surface area contributed by atoms with Crippen LogP contribution in [0.15, 0.2) is 48.5 Å². The number of rotatable bonds is 4. The molecular weight excluding hydrogens is 373 g/mol. The molecule has 0 fully saturated rings. The predicted molar refractivity (Wildman–Crippen MR) is 97.3 cm³/mol. The van der Waals surface area contributed by atoms with E-state index in [9.17, 15) is 13.2 Å². The predicted octanol–water partition coefficient (Wildman–Crippen LogP) is 5.02. The number of fused-ring (bicyclic) bond motifs is 1. The van der Waals surface area contributed by atoms with Gasteiger partial charge >= 0.3 is 6.18 Å². The maximum absolute atomic E-state index is 13.2. The van der Waals surface area contributed by atoms with Gasteiger partial charge in [0.2, 0.25) is 6.79 Å². The van der Waals surface area contributed by atoms with E-state index < -0.39 is 11.7 Å². The normalized spacial score (nSPS) is 12.7. The summed E-state index contributed by atoms with van der Waals surface area (Å²) in [7, 11) is 0. The van der Waals surface area contributed by atoms with E-state index in [2.05, 4.69) is 20.6 Å². The Morgan fingerprint density at radius 1 is 0.893 bits per heavy atom. The first kappa shape index (κ1) is 17.9. The van der Waals surface area contributed by atoms with Crippen LogP contribution in [-0.2, 0) is 6.18 Å². The lowest BCUT2D eigenvalue weighted by Crippen LogP contribution is -2.09. The third-order valence-corrected chi connectivity index (χ3v) is 3.98. The summed E-state index contributed by atoms with van der Waals surface area (Å²) < 4.78 is 50.2. The molecule has 6 nitrogen and oxygen atoms in total. The molecule has 1 aromatic heterocycles. The zero-order valence-electron chi connectivity index (χ0n) is 14.7. The number of alkyl halides is 3. The van der Waals surface area contributed by atoms with Gasteiger partial charge in [-0.25, -0.2) is 9.97 Å². The topological polar surface area (TPSA) is 68.3 Å². The first-order valence-electron chi connectivity index (χ1n) is 8.34. The molecule has 2 heterocycles. The number of nitrogens with one attached hydrogen (secondary N) is 2. The second kappa shape index (κ2) is 6.91. The van der Waals surface area contributed by atoms with Gasteiger partial charge in [0.05, 0.1) is 11.3 Å². The second-order valence-corrected chi connectivity index (χ2v) is 6.05. The molecule has 0 radical (unpaired) electrons. The minimum atomic E-state index is -4.47. The fourth-order valence-corrected chi connectivity index (χ4v) is 2.80. The molecule has 9 heteroatoms. The van der Waals surface area contributed by atoms with Gasteiger partial charge in [0.25, 0.3) is 0 Å². The van der Waals surface area contributed by atoms with E-state index in [1.165, 1.54) is 24.3 Å². The van der Waals surface area contributed by atoms with Crippen LogP contribution in [0.5, 0.6) is 11.5 Å². The summed E-state index contributed by atoms with van der Waals surface area (Å²) in [5.41, 5.74) is -0.150. The average Bonchev–Trinajstić information content (AvgIpc) is 3.08. The van der Waals surface area contributed by atoms with Crippen molar-refractivity contribution in [2.24, 2.45) is 0 Å². The zero-order valence-corrected chi connectivity index (χ0v) is 14.7. The SMILES string of the molecule is Cc1nc(Nc2ccc3c(c2)OCO3)cc(Nc2ccccc2C(F)(F)F)n1. The Morgan fingerprint density at radius 2 is 1.61 bits per heavy atom. The molecule has 28 heavy (non-hydrogen) atoms. The smallest absolute Gasteiger partial charge is 0.418 e. The standard InChI is InChI=1S/C19H15F3N4O2/c1-11-23-17(25-12-6-7-15-16(8-12)28-10-27-15)9-18(24-11)26-14-5-3-2-4-13(14)19(20,21)22/h2-9H,10H2,1H3,(H2,23,24,25,26). The van der Waals surface area contributed by atoms with E-state index in [1.807, 2.05) is 0 Å². The van der Waals surface area contributed by atoms with Gasteiger partial charge in [0, 0.05) is 17.8 Å². The Hall–Kier alpha value is -3.49. The molecule has 1 aliphatic heterocycles. The second-order valence-electron chi connectivity index (χ2n) is 6.05. The zero-order chi connectivity index (χ0) is 19.7.